The van der Waals surface area contributed by atoms with Gasteiger partial charge < -0.3 is 18.6 Å². The molecular formula is C31H45NO7Si. The Bertz CT molecular complexity index is 1060. The van der Waals surface area contributed by atoms with Crippen molar-refractivity contribution in [3.8, 4) is 0 Å². The second-order valence-electron chi connectivity index (χ2n) is 12.7. The van der Waals surface area contributed by atoms with Crippen molar-refractivity contribution in [2.24, 2.45) is 0 Å². The Balaban J connectivity index is 2.54. The van der Waals surface area contributed by atoms with Gasteiger partial charge in [0.25, 0.3) is 8.32 Å². The maximum Gasteiger partial charge on any atom is 0.420 e. The Morgan fingerprint density at radius 2 is 1.12 bits per heavy atom. The lowest BCUT2D eigenvalue weighted by molar-refractivity contribution is -0.147. The lowest BCUT2D eigenvalue weighted by Gasteiger charge is -2.43. The number of esters is 1. The number of methoxy groups -OCH3 is 1. The number of carbonyl (C=O) groups excluding carboxylic acids is 3. The second-order valence-corrected chi connectivity index (χ2v) is 17.0. The monoisotopic (exact) mass is 571 g/mol. The van der Waals surface area contributed by atoms with Gasteiger partial charge in [-0.1, -0.05) is 81.4 Å². The molecule has 0 saturated heterocycles. The summed E-state index contributed by atoms with van der Waals surface area (Å²) in [6, 6.07) is 18.8. The van der Waals surface area contributed by atoms with Gasteiger partial charge >= 0.3 is 18.2 Å². The first kappa shape index (κ1) is 33.0. The summed E-state index contributed by atoms with van der Waals surface area (Å²) >= 11 is 0. The number of benzene rings is 2. The molecular weight excluding hydrogens is 526 g/mol. The van der Waals surface area contributed by atoms with Crippen LogP contribution in [0.2, 0.25) is 5.04 Å². The Morgan fingerprint density at radius 3 is 1.45 bits per heavy atom. The molecule has 0 aliphatic carbocycles. The molecule has 0 aliphatic rings. The van der Waals surface area contributed by atoms with Crippen LogP contribution in [0.15, 0.2) is 60.7 Å². The predicted molar refractivity (Wildman–Crippen MR) is 158 cm³/mol. The van der Waals surface area contributed by atoms with Crippen molar-refractivity contribution in [1.82, 2.24) is 4.90 Å². The Kier molecular flexibility index (Phi) is 10.7. The molecule has 220 valence electrons. The van der Waals surface area contributed by atoms with Gasteiger partial charge in [0.1, 0.15) is 17.2 Å². The van der Waals surface area contributed by atoms with Crippen molar-refractivity contribution in [2.75, 3.05) is 13.7 Å². The molecule has 2 aromatic rings. The fraction of sp³-hybridized carbons (Fsp3) is 0.516. The van der Waals surface area contributed by atoms with Crippen molar-refractivity contribution in [1.29, 1.82) is 0 Å². The van der Waals surface area contributed by atoms with Crippen LogP contribution in [0.25, 0.3) is 0 Å². The van der Waals surface area contributed by atoms with Gasteiger partial charge in [-0.15, -0.1) is 0 Å². The van der Waals surface area contributed by atoms with Crippen LogP contribution in [0.3, 0.4) is 0 Å². The highest BCUT2D eigenvalue weighted by Crippen LogP contribution is 2.37. The lowest BCUT2D eigenvalue weighted by atomic mass is 10.2. The molecule has 40 heavy (non-hydrogen) atoms. The Labute approximate surface area is 240 Å². The van der Waals surface area contributed by atoms with Gasteiger partial charge in [0.2, 0.25) is 0 Å². The van der Waals surface area contributed by atoms with E-state index in [0.717, 1.165) is 10.4 Å². The molecule has 0 saturated carbocycles. The average Bonchev–Trinajstić information content (AvgIpc) is 2.83. The SMILES string of the molecule is COC(=O)[C@H](CCO[Si](c1ccccc1)(c1ccccc1)C(C)(C)C)N(C(=O)OC(C)(C)C)C(=O)OC(C)(C)C. The number of nitrogens with zero attached hydrogens (tertiary/aromatic N) is 1. The van der Waals surface area contributed by atoms with Crippen LogP contribution in [-0.4, -0.2) is 62.3 Å². The molecule has 0 unspecified atom stereocenters. The Morgan fingerprint density at radius 1 is 0.725 bits per heavy atom. The van der Waals surface area contributed by atoms with E-state index in [-0.39, 0.29) is 18.1 Å². The largest absolute Gasteiger partial charge is 0.467 e. The van der Waals surface area contributed by atoms with Crippen LogP contribution >= 0.6 is 0 Å². The van der Waals surface area contributed by atoms with Crippen LogP contribution in [0.4, 0.5) is 9.59 Å². The van der Waals surface area contributed by atoms with E-state index in [4.69, 9.17) is 18.6 Å². The smallest absolute Gasteiger partial charge is 0.420 e. The zero-order valence-corrected chi connectivity index (χ0v) is 26.6. The van der Waals surface area contributed by atoms with Gasteiger partial charge in [-0.3, -0.25) is 0 Å². The van der Waals surface area contributed by atoms with Crippen LogP contribution in [0.1, 0.15) is 68.7 Å². The van der Waals surface area contributed by atoms with E-state index in [0.29, 0.717) is 4.90 Å². The number of hydrogen-bond acceptors (Lipinski definition) is 7. The third-order valence-corrected chi connectivity index (χ3v) is 11.1. The molecule has 0 bridgehead atoms. The molecule has 1 atom stereocenters. The Hall–Kier alpha value is -3.17. The van der Waals surface area contributed by atoms with E-state index in [9.17, 15) is 14.4 Å². The summed E-state index contributed by atoms with van der Waals surface area (Å²) in [5, 5.41) is 1.84. The number of rotatable bonds is 8. The first-order chi connectivity index (χ1) is 18.4. The van der Waals surface area contributed by atoms with E-state index in [2.05, 4.69) is 45.0 Å². The van der Waals surface area contributed by atoms with Crippen molar-refractivity contribution in [3.63, 3.8) is 0 Å². The third kappa shape index (κ3) is 8.41. The van der Waals surface area contributed by atoms with Crippen LogP contribution in [0, 0.1) is 0 Å². The summed E-state index contributed by atoms with van der Waals surface area (Å²) in [4.78, 5) is 40.3. The summed E-state index contributed by atoms with van der Waals surface area (Å²) in [5.74, 6) is -0.775. The van der Waals surface area contributed by atoms with E-state index >= 15 is 0 Å². The van der Waals surface area contributed by atoms with E-state index in [1.54, 1.807) is 41.5 Å². The molecule has 0 aromatic heterocycles. The summed E-state index contributed by atoms with van der Waals surface area (Å²) in [6.07, 6.45) is -2.01. The summed E-state index contributed by atoms with van der Waals surface area (Å²) in [7, 11) is -1.72. The van der Waals surface area contributed by atoms with E-state index in [1.165, 1.54) is 7.11 Å². The fourth-order valence-corrected chi connectivity index (χ4v) is 9.10. The molecule has 0 spiro atoms. The minimum atomic E-state index is -2.93. The molecule has 8 nitrogen and oxygen atoms in total. The molecule has 0 N–H and O–H groups in total. The second kappa shape index (κ2) is 13.0. The van der Waals surface area contributed by atoms with Crippen molar-refractivity contribution in [3.05, 3.63) is 60.7 Å². The summed E-state index contributed by atoms with van der Waals surface area (Å²) in [5.41, 5.74) is -1.83. The zero-order valence-electron chi connectivity index (χ0n) is 25.6. The topological polar surface area (TPSA) is 91.4 Å². The highest BCUT2D eigenvalue weighted by Gasteiger charge is 2.50. The van der Waals surface area contributed by atoms with Gasteiger partial charge in [-0.25, -0.2) is 14.4 Å². The summed E-state index contributed by atoms with van der Waals surface area (Å²) < 4.78 is 22.9. The zero-order chi connectivity index (χ0) is 30.4. The number of amides is 2. The number of imide groups is 1. The molecule has 0 aliphatic heterocycles. The van der Waals surface area contributed by atoms with Gasteiger partial charge in [0.05, 0.1) is 7.11 Å². The number of hydrogen-bond donors (Lipinski definition) is 0. The standard InChI is InChI=1S/C31H45NO7Si/c1-29(2,3)38-27(34)32(28(35)39-30(4,5)6)25(26(33)36-10)21-22-37-40(31(7,8)9,23-17-13-11-14-18-23)24-19-15-12-16-20-24/h11-20,25H,21-22H2,1-10H3/t25-/m0/s1. The summed E-state index contributed by atoms with van der Waals surface area (Å²) in [6.45, 7) is 16.6. The number of carbonyl (C=O) groups is 3. The molecule has 0 fully saturated rings. The quantitative estimate of drug-likeness (QED) is 0.229. The maximum absolute atomic E-state index is 13.3. The van der Waals surface area contributed by atoms with Crippen molar-refractivity contribution >= 4 is 36.8 Å². The average molecular weight is 572 g/mol. The molecule has 2 amide bonds. The van der Waals surface area contributed by atoms with Gasteiger partial charge in [-0.05, 0) is 57.0 Å². The fourth-order valence-electron chi connectivity index (χ4n) is 4.52. The first-order valence-corrected chi connectivity index (χ1v) is 15.4. The maximum atomic E-state index is 13.3. The van der Waals surface area contributed by atoms with Crippen molar-refractivity contribution < 1.29 is 33.0 Å². The third-order valence-electron chi connectivity index (χ3n) is 6.09. The highest BCUT2D eigenvalue weighted by molar-refractivity contribution is 6.99. The predicted octanol–water partition coefficient (Wildman–Crippen LogP) is 5.67. The van der Waals surface area contributed by atoms with Crippen LogP contribution in [-0.2, 0) is 23.4 Å². The van der Waals surface area contributed by atoms with Gasteiger partial charge in [0.15, 0.2) is 0 Å². The minimum absolute atomic E-state index is 0.0182. The first-order valence-electron chi connectivity index (χ1n) is 13.5. The lowest BCUT2D eigenvalue weighted by Crippen LogP contribution is -2.66. The van der Waals surface area contributed by atoms with Crippen LogP contribution in [0.5, 0.6) is 0 Å². The van der Waals surface area contributed by atoms with E-state index in [1.807, 2.05) is 36.4 Å². The normalized spacial score (nSPS) is 13.2. The van der Waals surface area contributed by atoms with Gasteiger partial charge in [0, 0.05) is 13.0 Å². The molecule has 0 heterocycles. The van der Waals surface area contributed by atoms with Crippen LogP contribution < -0.4 is 10.4 Å². The molecule has 2 aromatic carbocycles. The molecule has 0 radical (unpaired) electrons. The minimum Gasteiger partial charge on any atom is -0.467 e. The van der Waals surface area contributed by atoms with Gasteiger partial charge in [-0.2, -0.15) is 4.90 Å². The highest BCUT2D eigenvalue weighted by atomic mass is 28.4. The number of ether oxygens (including phenoxy) is 3. The van der Waals surface area contributed by atoms with E-state index < -0.39 is 43.7 Å². The van der Waals surface area contributed by atoms with Crippen molar-refractivity contribution in [2.45, 2.75) is 91.0 Å². The molecule has 9 heteroatoms. The molecule has 2 rings (SSSR count).